The Balaban J connectivity index is 1.84. The predicted molar refractivity (Wildman–Crippen MR) is 106 cm³/mol. The van der Waals surface area contributed by atoms with Crippen LogP contribution in [0.2, 0.25) is 0 Å². The van der Waals surface area contributed by atoms with E-state index in [0.717, 1.165) is 0 Å². The van der Waals surface area contributed by atoms with Gasteiger partial charge in [0.25, 0.3) is 11.8 Å². The van der Waals surface area contributed by atoms with Crippen LogP contribution in [-0.2, 0) is 4.79 Å². The molecular weight excluding hydrogens is 336 g/mol. The van der Waals surface area contributed by atoms with Crippen molar-refractivity contribution in [2.75, 3.05) is 5.32 Å². The molecule has 4 heteroatoms. The lowest BCUT2D eigenvalue weighted by Gasteiger charge is -2.19. The lowest BCUT2D eigenvalue weighted by Crippen LogP contribution is -2.37. The Labute approximate surface area is 158 Å². The Bertz CT molecular complexity index is 976. The van der Waals surface area contributed by atoms with Crippen LogP contribution in [0.4, 0.5) is 5.69 Å². The number of carbonyl (C=O) groups excluding carboxylic acids is 2. The molecule has 1 atom stereocenters. The highest BCUT2D eigenvalue weighted by atomic mass is 16.2. The molecule has 0 bridgehead atoms. The number of benzene rings is 3. The SMILES string of the molecule is C#Cc1cccc(NC(=O)C(NC(=O)c2ccccc2)c2ccccc2)c1. The van der Waals surface area contributed by atoms with Gasteiger partial charge in [-0.15, -0.1) is 6.42 Å². The summed E-state index contributed by atoms with van der Waals surface area (Å²) in [6, 6.07) is 24.0. The molecule has 1 unspecified atom stereocenters. The lowest BCUT2D eigenvalue weighted by molar-refractivity contribution is -0.118. The standard InChI is InChI=1S/C23H18N2O2/c1-2-17-10-9-15-20(16-17)24-23(27)21(18-11-5-3-6-12-18)25-22(26)19-13-7-4-8-14-19/h1,3-16,21H,(H,24,27)(H,25,26). The van der Waals surface area contributed by atoms with E-state index in [9.17, 15) is 9.59 Å². The van der Waals surface area contributed by atoms with E-state index >= 15 is 0 Å². The molecule has 3 aromatic rings. The number of hydrogen-bond donors (Lipinski definition) is 2. The van der Waals surface area contributed by atoms with Crippen LogP contribution in [0.15, 0.2) is 84.9 Å². The third kappa shape index (κ3) is 4.62. The highest BCUT2D eigenvalue weighted by Crippen LogP contribution is 2.18. The molecule has 0 saturated carbocycles. The number of rotatable bonds is 5. The van der Waals surface area contributed by atoms with Crippen molar-refractivity contribution in [2.45, 2.75) is 6.04 Å². The maximum atomic E-state index is 12.9. The van der Waals surface area contributed by atoms with Crippen LogP contribution in [0.1, 0.15) is 27.5 Å². The average molecular weight is 354 g/mol. The lowest BCUT2D eigenvalue weighted by atomic mass is 10.0. The van der Waals surface area contributed by atoms with Crippen LogP contribution < -0.4 is 10.6 Å². The number of terminal acetylenes is 1. The Hall–Kier alpha value is -3.84. The fourth-order valence-corrected chi connectivity index (χ4v) is 2.65. The molecular formula is C23H18N2O2. The van der Waals surface area contributed by atoms with Gasteiger partial charge in [0.2, 0.25) is 0 Å². The van der Waals surface area contributed by atoms with Crippen LogP contribution in [0, 0.1) is 12.3 Å². The van der Waals surface area contributed by atoms with Gasteiger partial charge in [0.05, 0.1) is 0 Å². The first-order valence-electron chi connectivity index (χ1n) is 8.46. The van der Waals surface area contributed by atoms with Gasteiger partial charge in [-0.25, -0.2) is 0 Å². The van der Waals surface area contributed by atoms with E-state index < -0.39 is 6.04 Å². The van der Waals surface area contributed by atoms with Crippen LogP contribution in [0.3, 0.4) is 0 Å². The van der Waals surface area contributed by atoms with E-state index in [1.54, 1.807) is 60.7 Å². The highest BCUT2D eigenvalue weighted by Gasteiger charge is 2.23. The van der Waals surface area contributed by atoms with Crippen molar-refractivity contribution in [1.29, 1.82) is 0 Å². The van der Waals surface area contributed by atoms with Crippen LogP contribution >= 0.6 is 0 Å². The molecule has 2 amide bonds. The smallest absolute Gasteiger partial charge is 0.252 e. The molecule has 3 rings (SSSR count). The molecule has 0 fully saturated rings. The summed E-state index contributed by atoms with van der Waals surface area (Å²) in [6.45, 7) is 0. The summed E-state index contributed by atoms with van der Waals surface area (Å²) in [6.07, 6.45) is 5.41. The molecule has 0 aliphatic rings. The number of carbonyl (C=O) groups is 2. The number of amides is 2. The second-order valence-corrected chi connectivity index (χ2v) is 5.90. The van der Waals surface area contributed by atoms with Crippen molar-refractivity contribution in [2.24, 2.45) is 0 Å². The zero-order chi connectivity index (χ0) is 19.1. The third-order valence-electron chi connectivity index (χ3n) is 4.00. The van der Waals surface area contributed by atoms with Crippen LogP contribution in [0.5, 0.6) is 0 Å². The Kier molecular flexibility index (Phi) is 5.66. The van der Waals surface area contributed by atoms with Gasteiger partial charge < -0.3 is 10.6 Å². The molecule has 132 valence electrons. The summed E-state index contributed by atoms with van der Waals surface area (Å²) in [7, 11) is 0. The van der Waals surface area contributed by atoms with E-state index in [2.05, 4.69) is 16.6 Å². The van der Waals surface area contributed by atoms with E-state index in [1.807, 2.05) is 24.3 Å². The molecule has 0 aromatic heterocycles. The quantitative estimate of drug-likeness (QED) is 0.685. The van der Waals surface area contributed by atoms with Crippen molar-refractivity contribution in [3.63, 3.8) is 0 Å². The normalized spacial score (nSPS) is 11.1. The molecule has 0 aliphatic carbocycles. The monoisotopic (exact) mass is 354 g/mol. The molecule has 0 radical (unpaired) electrons. The molecule has 0 aliphatic heterocycles. The molecule has 27 heavy (non-hydrogen) atoms. The largest absolute Gasteiger partial charge is 0.336 e. The Morgan fingerprint density at radius 1 is 0.852 bits per heavy atom. The first kappa shape index (κ1) is 18.0. The fraction of sp³-hybridized carbons (Fsp3) is 0.0435. The van der Waals surface area contributed by atoms with Crippen molar-refractivity contribution >= 4 is 17.5 Å². The summed E-state index contributed by atoms with van der Waals surface area (Å²) in [5, 5.41) is 5.63. The van der Waals surface area contributed by atoms with E-state index in [1.165, 1.54) is 0 Å². The minimum absolute atomic E-state index is 0.322. The van der Waals surface area contributed by atoms with Gasteiger partial charge in [0.1, 0.15) is 6.04 Å². The first-order chi connectivity index (χ1) is 13.2. The van der Waals surface area contributed by atoms with Gasteiger partial charge in [0, 0.05) is 16.8 Å². The molecule has 4 nitrogen and oxygen atoms in total. The van der Waals surface area contributed by atoms with Gasteiger partial charge in [-0.2, -0.15) is 0 Å². The number of nitrogens with one attached hydrogen (secondary N) is 2. The molecule has 0 heterocycles. The summed E-state index contributed by atoms with van der Waals surface area (Å²) in [4.78, 5) is 25.5. The number of anilines is 1. The summed E-state index contributed by atoms with van der Waals surface area (Å²) < 4.78 is 0. The Morgan fingerprint density at radius 3 is 2.19 bits per heavy atom. The van der Waals surface area contributed by atoms with Crippen molar-refractivity contribution in [3.05, 3.63) is 102 Å². The van der Waals surface area contributed by atoms with Crippen molar-refractivity contribution in [1.82, 2.24) is 5.32 Å². The maximum Gasteiger partial charge on any atom is 0.252 e. The van der Waals surface area contributed by atoms with Crippen LogP contribution in [0.25, 0.3) is 0 Å². The maximum absolute atomic E-state index is 12.9. The van der Waals surface area contributed by atoms with Gasteiger partial charge in [-0.1, -0.05) is 60.5 Å². The third-order valence-corrected chi connectivity index (χ3v) is 4.00. The molecule has 0 spiro atoms. The molecule has 2 N–H and O–H groups in total. The average Bonchev–Trinajstić information content (AvgIpc) is 2.73. The topological polar surface area (TPSA) is 58.2 Å². The highest BCUT2D eigenvalue weighted by molar-refractivity contribution is 6.01. The van der Waals surface area contributed by atoms with E-state index in [0.29, 0.717) is 22.4 Å². The summed E-state index contributed by atoms with van der Waals surface area (Å²) >= 11 is 0. The van der Waals surface area contributed by atoms with Crippen LogP contribution in [-0.4, -0.2) is 11.8 Å². The predicted octanol–water partition coefficient (Wildman–Crippen LogP) is 3.78. The van der Waals surface area contributed by atoms with Gasteiger partial charge >= 0.3 is 0 Å². The van der Waals surface area contributed by atoms with Gasteiger partial charge in [-0.05, 0) is 35.9 Å². The van der Waals surface area contributed by atoms with E-state index in [4.69, 9.17) is 6.42 Å². The van der Waals surface area contributed by atoms with Crippen molar-refractivity contribution in [3.8, 4) is 12.3 Å². The second kappa shape index (κ2) is 8.50. The second-order valence-electron chi connectivity index (χ2n) is 5.90. The first-order valence-corrected chi connectivity index (χ1v) is 8.46. The molecule has 0 saturated heterocycles. The van der Waals surface area contributed by atoms with Gasteiger partial charge in [0.15, 0.2) is 0 Å². The summed E-state index contributed by atoms with van der Waals surface area (Å²) in [5.74, 6) is 1.86. The zero-order valence-electron chi connectivity index (χ0n) is 14.6. The number of hydrogen-bond acceptors (Lipinski definition) is 2. The minimum Gasteiger partial charge on any atom is -0.336 e. The Morgan fingerprint density at radius 2 is 1.52 bits per heavy atom. The minimum atomic E-state index is -0.839. The summed E-state index contributed by atoms with van der Waals surface area (Å²) in [5.41, 5.74) is 2.41. The van der Waals surface area contributed by atoms with Crippen molar-refractivity contribution < 1.29 is 9.59 Å². The zero-order valence-corrected chi connectivity index (χ0v) is 14.6. The van der Waals surface area contributed by atoms with E-state index in [-0.39, 0.29) is 11.8 Å². The van der Waals surface area contributed by atoms with Gasteiger partial charge in [-0.3, -0.25) is 9.59 Å². The molecule has 3 aromatic carbocycles. The fourth-order valence-electron chi connectivity index (χ4n) is 2.65.